The summed E-state index contributed by atoms with van der Waals surface area (Å²) in [4.78, 5) is 0. The molecule has 124 valence electrons. The Morgan fingerprint density at radius 1 is 0.957 bits per heavy atom. The van der Waals surface area contributed by atoms with Gasteiger partial charge in [-0.1, -0.05) is 39.0 Å². The van der Waals surface area contributed by atoms with Gasteiger partial charge in [0.05, 0.1) is 0 Å². The second kappa shape index (κ2) is 7.54. The molecule has 0 aliphatic carbocycles. The normalized spacial score (nSPS) is 11.3. The van der Waals surface area contributed by atoms with E-state index < -0.39 is 0 Å². The van der Waals surface area contributed by atoms with E-state index in [4.69, 9.17) is 4.74 Å². The highest BCUT2D eigenvalue weighted by Crippen LogP contribution is 2.28. The Labute approximate surface area is 140 Å². The minimum atomic E-state index is 0.226. The van der Waals surface area contributed by atoms with Gasteiger partial charge in [0.2, 0.25) is 0 Å². The molecule has 0 heterocycles. The molecular formula is C21H29NO. The molecule has 0 fully saturated rings. The van der Waals surface area contributed by atoms with E-state index in [0.717, 1.165) is 24.4 Å². The van der Waals surface area contributed by atoms with Crippen molar-refractivity contribution in [1.82, 2.24) is 0 Å². The van der Waals surface area contributed by atoms with Gasteiger partial charge in [-0.05, 0) is 66.6 Å². The zero-order valence-electron chi connectivity index (χ0n) is 15.1. The Hall–Kier alpha value is -1.96. The molecule has 2 aromatic carbocycles. The van der Waals surface area contributed by atoms with E-state index in [-0.39, 0.29) is 5.41 Å². The Morgan fingerprint density at radius 2 is 1.65 bits per heavy atom. The van der Waals surface area contributed by atoms with Crippen LogP contribution < -0.4 is 10.1 Å². The zero-order valence-corrected chi connectivity index (χ0v) is 15.1. The second-order valence-corrected chi connectivity index (χ2v) is 6.84. The number of ether oxygens (including phenoxy) is 1. The molecule has 0 atom stereocenters. The Balaban J connectivity index is 1.81. The van der Waals surface area contributed by atoms with E-state index in [0.29, 0.717) is 6.61 Å². The first-order valence-electron chi connectivity index (χ1n) is 8.47. The SMILES string of the molecule is CCC(C)(C)c1ccc(OCCNc2ccc(C)c(C)c2)cc1. The van der Waals surface area contributed by atoms with E-state index in [2.05, 4.69) is 82.4 Å². The van der Waals surface area contributed by atoms with Crippen molar-refractivity contribution in [2.75, 3.05) is 18.5 Å². The first-order chi connectivity index (χ1) is 10.9. The van der Waals surface area contributed by atoms with Crippen LogP contribution in [-0.2, 0) is 5.41 Å². The Kier molecular flexibility index (Phi) is 5.70. The molecule has 2 aromatic rings. The Bertz CT molecular complexity index is 629. The zero-order chi connectivity index (χ0) is 16.9. The van der Waals surface area contributed by atoms with Gasteiger partial charge >= 0.3 is 0 Å². The van der Waals surface area contributed by atoms with Gasteiger partial charge in [-0.2, -0.15) is 0 Å². The average molecular weight is 311 g/mol. The van der Waals surface area contributed by atoms with E-state index in [9.17, 15) is 0 Å². The maximum absolute atomic E-state index is 5.82. The summed E-state index contributed by atoms with van der Waals surface area (Å²) in [5.41, 5.74) is 5.37. The summed E-state index contributed by atoms with van der Waals surface area (Å²) < 4.78 is 5.82. The van der Waals surface area contributed by atoms with E-state index >= 15 is 0 Å². The quantitative estimate of drug-likeness (QED) is 0.683. The smallest absolute Gasteiger partial charge is 0.119 e. The van der Waals surface area contributed by atoms with E-state index in [1.165, 1.54) is 16.7 Å². The number of nitrogens with one attached hydrogen (secondary N) is 1. The van der Waals surface area contributed by atoms with Crippen LogP contribution in [0.4, 0.5) is 5.69 Å². The average Bonchev–Trinajstić information content (AvgIpc) is 2.55. The van der Waals surface area contributed by atoms with E-state index in [1.54, 1.807) is 0 Å². The van der Waals surface area contributed by atoms with Gasteiger partial charge in [-0.3, -0.25) is 0 Å². The summed E-state index contributed by atoms with van der Waals surface area (Å²) in [5.74, 6) is 0.933. The lowest BCUT2D eigenvalue weighted by molar-refractivity contribution is 0.332. The number of hydrogen-bond donors (Lipinski definition) is 1. The van der Waals surface area contributed by atoms with Gasteiger partial charge in [-0.25, -0.2) is 0 Å². The third-order valence-corrected chi connectivity index (χ3v) is 4.73. The molecule has 2 heteroatoms. The lowest BCUT2D eigenvalue weighted by Gasteiger charge is -2.23. The van der Waals surface area contributed by atoms with Gasteiger partial charge in [0.1, 0.15) is 12.4 Å². The molecule has 1 N–H and O–H groups in total. The van der Waals surface area contributed by atoms with Crippen molar-refractivity contribution in [2.45, 2.75) is 46.5 Å². The van der Waals surface area contributed by atoms with Crippen molar-refractivity contribution in [2.24, 2.45) is 0 Å². The first-order valence-corrected chi connectivity index (χ1v) is 8.47. The topological polar surface area (TPSA) is 21.3 Å². The first kappa shape index (κ1) is 17.4. The largest absolute Gasteiger partial charge is 0.492 e. The lowest BCUT2D eigenvalue weighted by Crippen LogP contribution is -2.15. The lowest BCUT2D eigenvalue weighted by atomic mass is 9.82. The van der Waals surface area contributed by atoms with Gasteiger partial charge in [0, 0.05) is 12.2 Å². The summed E-state index contributed by atoms with van der Waals surface area (Å²) in [5, 5.41) is 3.40. The van der Waals surface area contributed by atoms with Crippen molar-refractivity contribution in [3.8, 4) is 5.75 Å². The summed E-state index contributed by atoms with van der Waals surface area (Å²) in [6, 6.07) is 14.9. The number of anilines is 1. The summed E-state index contributed by atoms with van der Waals surface area (Å²) >= 11 is 0. The molecule has 0 aliphatic rings. The summed E-state index contributed by atoms with van der Waals surface area (Å²) in [6.07, 6.45) is 1.13. The van der Waals surface area contributed by atoms with Crippen molar-refractivity contribution in [3.63, 3.8) is 0 Å². The van der Waals surface area contributed by atoms with Gasteiger partial charge in [-0.15, -0.1) is 0 Å². The van der Waals surface area contributed by atoms with E-state index in [1.807, 2.05) is 0 Å². The number of aryl methyl sites for hydroxylation is 2. The van der Waals surface area contributed by atoms with Crippen LogP contribution in [0.25, 0.3) is 0 Å². The molecule has 0 radical (unpaired) electrons. The second-order valence-electron chi connectivity index (χ2n) is 6.84. The third kappa shape index (κ3) is 4.75. The molecule has 2 rings (SSSR count). The minimum Gasteiger partial charge on any atom is -0.492 e. The highest BCUT2D eigenvalue weighted by Gasteiger charge is 2.17. The molecule has 0 aromatic heterocycles. The van der Waals surface area contributed by atoms with Crippen LogP contribution in [0.15, 0.2) is 42.5 Å². The minimum absolute atomic E-state index is 0.226. The van der Waals surface area contributed by atoms with Crippen molar-refractivity contribution in [3.05, 3.63) is 59.2 Å². The molecule has 0 spiro atoms. The van der Waals surface area contributed by atoms with Crippen molar-refractivity contribution in [1.29, 1.82) is 0 Å². The summed E-state index contributed by atoms with van der Waals surface area (Å²) in [7, 11) is 0. The standard InChI is InChI=1S/C21H29NO/c1-6-21(4,5)18-8-11-20(12-9-18)23-14-13-22-19-10-7-16(2)17(3)15-19/h7-12,15,22H,6,13-14H2,1-5H3. The van der Waals surface area contributed by atoms with Gasteiger partial charge in [0.15, 0.2) is 0 Å². The highest BCUT2D eigenvalue weighted by molar-refractivity contribution is 5.48. The van der Waals surface area contributed by atoms with Crippen LogP contribution in [-0.4, -0.2) is 13.2 Å². The molecule has 2 nitrogen and oxygen atoms in total. The van der Waals surface area contributed by atoms with Crippen LogP contribution in [0.3, 0.4) is 0 Å². The monoisotopic (exact) mass is 311 g/mol. The van der Waals surface area contributed by atoms with Crippen LogP contribution in [0, 0.1) is 13.8 Å². The molecule has 0 saturated heterocycles. The molecule has 23 heavy (non-hydrogen) atoms. The maximum atomic E-state index is 5.82. The van der Waals surface area contributed by atoms with Gasteiger partial charge < -0.3 is 10.1 Å². The third-order valence-electron chi connectivity index (χ3n) is 4.73. The predicted molar refractivity (Wildman–Crippen MR) is 99.7 cm³/mol. The van der Waals surface area contributed by atoms with Crippen LogP contribution in [0.1, 0.15) is 43.9 Å². The predicted octanol–water partition coefficient (Wildman–Crippen LogP) is 5.48. The molecular weight excluding hydrogens is 282 g/mol. The van der Waals surface area contributed by atoms with Crippen LogP contribution >= 0.6 is 0 Å². The molecule has 0 amide bonds. The fraction of sp³-hybridized carbons (Fsp3) is 0.429. The van der Waals surface area contributed by atoms with Crippen LogP contribution in [0.5, 0.6) is 5.75 Å². The summed E-state index contributed by atoms with van der Waals surface area (Å²) in [6.45, 7) is 12.5. The maximum Gasteiger partial charge on any atom is 0.119 e. The van der Waals surface area contributed by atoms with Crippen molar-refractivity contribution < 1.29 is 4.74 Å². The Morgan fingerprint density at radius 3 is 2.26 bits per heavy atom. The molecule has 0 saturated carbocycles. The van der Waals surface area contributed by atoms with Crippen molar-refractivity contribution >= 4 is 5.69 Å². The molecule has 0 aliphatic heterocycles. The van der Waals surface area contributed by atoms with Gasteiger partial charge in [0.25, 0.3) is 0 Å². The van der Waals surface area contributed by atoms with Crippen LogP contribution in [0.2, 0.25) is 0 Å². The fourth-order valence-corrected chi connectivity index (χ4v) is 2.42. The molecule has 0 unspecified atom stereocenters. The number of hydrogen-bond acceptors (Lipinski definition) is 2. The number of rotatable bonds is 7. The fourth-order valence-electron chi connectivity index (χ4n) is 2.42. The molecule has 0 bridgehead atoms. The highest BCUT2D eigenvalue weighted by atomic mass is 16.5. The number of benzene rings is 2.